The lowest BCUT2D eigenvalue weighted by molar-refractivity contribution is 0.0514. The van der Waals surface area contributed by atoms with Crippen molar-refractivity contribution in [2.75, 3.05) is 19.8 Å². The molecule has 0 bridgehead atoms. The van der Waals surface area contributed by atoms with E-state index in [-0.39, 0.29) is 17.0 Å². The first-order valence-corrected chi connectivity index (χ1v) is 8.11. The topological polar surface area (TPSA) is 60.3 Å². The van der Waals surface area contributed by atoms with Gasteiger partial charge >= 0.3 is 0 Å². The number of hydrogen-bond donors (Lipinski definition) is 1. The number of hydrogen-bond acceptors (Lipinski definition) is 3. The van der Waals surface area contributed by atoms with E-state index in [1.807, 2.05) is 24.3 Å². The van der Waals surface area contributed by atoms with Gasteiger partial charge in [-0.15, -0.1) is 0 Å². The first kappa shape index (κ1) is 15.7. The van der Waals surface area contributed by atoms with E-state index in [4.69, 9.17) is 4.74 Å². The zero-order valence-electron chi connectivity index (χ0n) is 13.4. The number of pyridine rings is 1. The molecule has 5 heteroatoms. The number of carbonyl (C=O) groups excluding carboxylic acids is 1. The van der Waals surface area contributed by atoms with Gasteiger partial charge in [0.2, 0.25) is 0 Å². The molecule has 1 amide bonds. The van der Waals surface area contributed by atoms with E-state index in [0.717, 1.165) is 43.4 Å². The maximum absolute atomic E-state index is 12.4. The third-order valence-electron chi connectivity index (χ3n) is 4.47. The summed E-state index contributed by atoms with van der Waals surface area (Å²) in [6, 6.07) is 9.24. The molecule has 5 nitrogen and oxygen atoms in total. The van der Waals surface area contributed by atoms with Gasteiger partial charge in [0.25, 0.3) is 11.5 Å². The highest BCUT2D eigenvalue weighted by atomic mass is 16.5. The van der Waals surface area contributed by atoms with Gasteiger partial charge in [-0.2, -0.15) is 0 Å². The number of benzene rings is 1. The number of aryl methyl sites for hydroxylation is 1. The Labute approximate surface area is 135 Å². The molecule has 0 aliphatic carbocycles. The fourth-order valence-electron chi connectivity index (χ4n) is 3.11. The van der Waals surface area contributed by atoms with Crippen LogP contribution in [0.25, 0.3) is 10.9 Å². The van der Waals surface area contributed by atoms with Gasteiger partial charge in [0, 0.05) is 26.8 Å². The molecule has 1 saturated heterocycles. The molecule has 2 aromatic rings. The van der Waals surface area contributed by atoms with Crippen molar-refractivity contribution >= 4 is 16.8 Å². The second kappa shape index (κ2) is 6.96. The van der Waals surface area contributed by atoms with Gasteiger partial charge in [0.15, 0.2) is 0 Å². The smallest absolute Gasteiger partial charge is 0.263 e. The number of aromatic nitrogens is 1. The summed E-state index contributed by atoms with van der Waals surface area (Å²) in [5.74, 6) is 0.205. The molecule has 1 fully saturated rings. The molecule has 1 aliphatic rings. The lowest BCUT2D eigenvalue weighted by Gasteiger charge is -2.21. The van der Waals surface area contributed by atoms with Crippen molar-refractivity contribution in [3.8, 4) is 0 Å². The fraction of sp³-hybridized carbons (Fsp3) is 0.444. The maximum atomic E-state index is 12.4. The van der Waals surface area contributed by atoms with Gasteiger partial charge in [-0.25, -0.2) is 0 Å². The van der Waals surface area contributed by atoms with Crippen LogP contribution < -0.4 is 10.9 Å². The van der Waals surface area contributed by atoms with Gasteiger partial charge in [-0.1, -0.05) is 18.2 Å². The Kier molecular flexibility index (Phi) is 4.76. The Balaban J connectivity index is 1.70. The Bertz CT molecular complexity index is 760. The minimum atomic E-state index is -0.298. The van der Waals surface area contributed by atoms with Crippen molar-refractivity contribution in [1.29, 1.82) is 0 Å². The number of fused-ring (bicyclic) bond motifs is 1. The predicted octanol–water partition coefficient (Wildman–Crippen LogP) is 2.08. The molecule has 122 valence electrons. The van der Waals surface area contributed by atoms with Crippen molar-refractivity contribution in [1.82, 2.24) is 9.88 Å². The van der Waals surface area contributed by atoms with Gasteiger partial charge in [-0.05, 0) is 42.7 Å². The largest absolute Gasteiger partial charge is 0.381 e. The third-order valence-corrected chi connectivity index (χ3v) is 4.47. The molecule has 3 rings (SSSR count). The highest BCUT2D eigenvalue weighted by molar-refractivity contribution is 5.97. The normalized spacial score (nSPS) is 18.0. The second-order valence-corrected chi connectivity index (χ2v) is 6.11. The molecular formula is C18H22N2O3. The van der Waals surface area contributed by atoms with E-state index < -0.39 is 0 Å². The van der Waals surface area contributed by atoms with E-state index in [2.05, 4.69) is 5.32 Å². The van der Waals surface area contributed by atoms with Crippen LogP contribution in [0.5, 0.6) is 0 Å². The standard InChI is InChI=1S/C18H22N2O3/c1-20-16-7-3-2-6-14(16)11-15(18(20)22)17(21)19-9-8-13-5-4-10-23-12-13/h2-3,6-7,11,13H,4-5,8-10,12H2,1H3,(H,19,21)/t13-/m1/s1. The van der Waals surface area contributed by atoms with Gasteiger partial charge in [0.1, 0.15) is 5.56 Å². The van der Waals surface area contributed by atoms with Crippen LogP contribution in [-0.2, 0) is 11.8 Å². The molecule has 0 unspecified atom stereocenters. The molecule has 1 aromatic heterocycles. The summed E-state index contributed by atoms with van der Waals surface area (Å²) in [4.78, 5) is 24.7. The summed E-state index contributed by atoms with van der Waals surface area (Å²) in [5.41, 5.74) is 0.765. The van der Waals surface area contributed by atoms with E-state index in [1.54, 1.807) is 13.1 Å². The quantitative estimate of drug-likeness (QED) is 0.940. The van der Waals surface area contributed by atoms with Crippen molar-refractivity contribution in [2.45, 2.75) is 19.3 Å². The van der Waals surface area contributed by atoms with Crippen LogP contribution in [-0.4, -0.2) is 30.2 Å². The van der Waals surface area contributed by atoms with E-state index in [1.165, 1.54) is 4.57 Å². The number of nitrogens with one attached hydrogen (secondary N) is 1. The van der Waals surface area contributed by atoms with Crippen molar-refractivity contribution in [3.05, 3.63) is 46.2 Å². The predicted molar refractivity (Wildman–Crippen MR) is 89.7 cm³/mol. The zero-order chi connectivity index (χ0) is 16.2. The monoisotopic (exact) mass is 314 g/mol. The molecule has 0 radical (unpaired) electrons. The number of rotatable bonds is 4. The number of ether oxygens (including phenoxy) is 1. The number of para-hydroxylation sites is 1. The molecule has 1 aromatic carbocycles. The summed E-state index contributed by atoms with van der Waals surface area (Å²) < 4.78 is 6.97. The Morgan fingerprint density at radius 1 is 1.39 bits per heavy atom. The third kappa shape index (κ3) is 3.45. The van der Waals surface area contributed by atoms with Crippen LogP contribution in [0.4, 0.5) is 0 Å². The minimum absolute atomic E-state index is 0.200. The average molecular weight is 314 g/mol. The lowest BCUT2D eigenvalue weighted by atomic mass is 9.99. The number of amides is 1. The van der Waals surface area contributed by atoms with Crippen LogP contribution in [0.15, 0.2) is 35.1 Å². The van der Waals surface area contributed by atoms with Gasteiger partial charge in [-0.3, -0.25) is 9.59 Å². The Hall–Kier alpha value is -2.14. The average Bonchev–Trinajstić information content (AvgIpc) is 2.59. The van der Waals surface area contributed by atoms with Crippen molar-refractivity contribution in [3.63, 3.8) is 0 Å². The summed E-state index contributed by atoms with van der Waals surface area (Å²) in [5, 5.41) is 3.76. The SMILES string of the molecule is Cn1c(=O)c(C(=O)NCC[C@H]2CCCOC2)cc2ccccc21. The molecule has 0 saturated carbocycles. The number of carbonyl (C=O) groups is 1. The molecule has 2 heterocycles. The first-order chi connectivity index (χ1) is 11.2. The highest BCUT2D eigenvalue weighted by Crippen LogP contribution is 2.16. The minimum Gasteiger partial charge on any atom is -0.381 e. The highest BCUT2D eigenvalue weighted by Gasteiger charge is 2.16. The maximum Gasteiger partial charge on any atom is 0.263 e. The summed E-state index contributed by atoms with van der Waals surface area (Å²) in [7, 11) is 1.70. The fourth-order valence-corrected chi connectivity index (χ4v) is 3.11. The van der Waals surface area contributed by atoms with E-state index in [9.17, 15) is 9.59 Å². The first-order valence-electron chi connectivity index (χ1n) is 8.11. The Morgan fingerprint density at radius 2 is 2.22 bits per heavy atom. The van der Waals surface area contributed by atoms with Crippen LogP contribution >= 0.6 is 0 Å². The summed E-state index contributed by atoms with van der Waals surface area (Å²) >= 11 is 0. The number of nitrogens with zero attached hydrogens (tertiary/aromatic N) is 1. The second-order valence-electron chi connectivity index (χ2n) is 6.11. The molecule has 0 spiro atoms. The van der Waals surface area contributed by atoms with Crippen LogP contribution in [0.2, 0.25) is 0 Å². The van der Waals surface area contributed by atoms with Crippen molar-refractivity contribution in [2.24, 2.45) is 13.0 Å². The van der Waals surface area contributed by atoms with Gasteiger partial charge < -0.3 is 14.6 Å². The zero-order valence-corrected chi connectivity index (χ0v) is 13.4. The van der Waals surface area contributed by atoms with Gasteiger partial charge in [0.05, 0.1) is 5.52 Å². The van der Waals surface area contributed by atoms with E-state index in [0.29, 0.717) is 12.5 Å². The Morgan fingerprint density at radius 3 is 3.00 bits per heavy atom. The van der Waals surface area contributed by atoms with Crippen molar-refractivity contribution < 1.29 is 9.53 Å². The molecule has 1 aliphatic heterocycles. The molecule has 1 atom stereocenters. The van der Waals surface area contributed by atoms with Crippen LogP contribution in [0.1, 0.15) is 29.6 Å². The molecular weight excluding hydrogens is 292 g/mol. The van der Waals surface area contributed by atoms with Crippen LogP contribution in [0.3, 0.4) is 0 Å². The molecule has 23 heavy (non-hydrogen) atoms. The van der Waals surface area contributed by atoms with Crippen LogP contribution in [0, 0.1) is 5.92 Å². The summed E-state index contributed by atoms with van der Waals surface area (Å²) in [6.45, 7) is 2.19. The lowest BCUT2D eigenvalue weighted by Crippen LogP contribution is -2.34. The summed E-state index contributed by atoms with van der Waals surface area (Å²) in [6.07, 6.45) is 3.12. The molecule has 1 N–H and O–H groups in total. The van der Waals surface area contributed by atoms with E-state index >= 15 is 0 Å².